The van der Waals surface area contributed by atoms with Gasteiger partial charge in [0.2, 0.25) is 11.9 Å². The van der Waals surface area contributed by atoms with Crippen molar-refractivity contribution in [1.29, 1.82) is 0 Å². The molecule has 4 bridgehead atoms. The molecule has 1 saturated heterocycles. The lowest BCUT2D eigenvalue weighted by atomic mass is 9.47. The van der Waals surface area contributed by atoms with Crippen LogP contribution >= 0.6 is 0 Å². The Balaban J connectivity index is 0.953. The third kappa shape index (κ3) is 5.18. The van der Waals surface area contributed by atoms with Gasteiger partial charge in [-0.1, -0.05) is 24.3 Å². The van der Waals surface area contributed by atoms with Gasteiger partial charge in [-0.05, 0) is 106 Å². The maximum absolute atomic E-state index is 13.8. The lowest BCUT2D eigenvalue weighted by molar-refractivity contribution is -0.145. The highest BCUT2D eigenvalue weighted by Gasteiger charge is 2.58. The van der Waals surface area contributed by atoms with Crippen LogP contribution in [0.2, 0.25) is 0 Å². The van der Waals surface area contributed by atoms with Gasteiger partial charge in [-0.3, -0.25) is 9.69 Å². The average Bonchev–Trinajstić information content (AvgIpc) is 3.06. The van der Waals surface area contributed by atoms with Gasteiger partial charge in [0.1, 0.15) is 11.9 Å². The summed E-state index contributed by atoms with van der Waals surface area (Å²) in [6, 6.07) is 16.1. The lowest BCUT2D eigenvalue weighted by Gasteiger charge is -2.59. The Morgan fingerprint density at radius 3 is 2.27 bits per heavy atom. The van der Waals surface area contributed by atoms with Crippen LogP contribution in [0.15, 0.2) is 60.9 Å². The molecule has 6 aliphatic rings. The Morgan fingerprint density at radius 2 is 1.58 bits per heavy atom. The van der Waals surface area contributed by atoms with E-state index in [1.54, 1.807) is 0 Å². The van der Waals surface area contributed by atoms with Gasteiger partial charge in [-0.15, -0.1) is 0 Å². The van der Waals surface area contributed by atoms with Crippen molar-refractivity contribution < 1.29 is 14.3 Å². The molecule has 234 valence electrons. The minimum atomic E-state index is -0.365. The predicted octanol–water partition coefficient (Wildman–Crippen LogP) is 4.62. The number of amides is 3. The molecular weight excluding hydrogens is 566 g/mol. The molecule has 2 atom stereocenters. The van der Waals surface area contributed by atoms with Gasteiger partial charge in [0.15, 0.2) is 0 Å². The molecule has 5 fully saturated rings. The molecule has 10 nitrogen and oxygen atoms in total. The molecule has 0 radical (unpaired) electrons. The molecule has 45 heavy (non-hydrogen) atoms. The molecule has 9 rings (SSSR count). The van der Waals surface area contributed by atoms with Crippen molar-refractivity contribution in [3.8, 4) is 16.9 Å². The van der Waals surface area contributed by atoms with Crippen molar-refractivity contribution >= 4 is 29.3 Å². The summed E-state index contributed by atoms with van der Waals surface area (Å²) in [4.78, 5) is 39.6. The molecule has 2 aromatic carbocycles. The van der Waals surface area contributed by atoms with Crippen LogP contribution in [-0.4, -0.2) is 60.2 Å². The second-order valence-corrected chi connectivity index (χ2v) is 13.7. The number of para-hydroxylation sites is 2. The van der Waals surface area contributed by atoms with E-state index in [0.29, 0.717) is 36.8 Å². The number of aromatic nitrogens is 2. The fourth-order valence-electron chi connectivity index (χ4n) is 9.00. The molecular formula is C35H41N7O3. The SMILES string of the molecule is NC(=O)C12CC3CC(C1)C(NC(=O)N1CCN(c4ncc(-c5ccc(OC6CCNCC6)cc5)cn4)c4ccccc41)C(C3)C2. The summed E-state index contributed by atoms with van der Waals surface area (Å²) >= 11 is 0. The number of piperidine rings is 1. The molecule has 3 amide bonds. The Hall–Kier alpha value is -4.18. The number of nitrogens with two attached hydrogens (primary N) is 1. The Labute approximate surface area is 263 Å². The number of nitrogens with one attached hydrogen (secondary N) is 2. The number of anilines is 3. The summed E-state index contributed by atoms with van der Waals surface area (Å²) < 4.78 is 6.16. The van der Waals surface area contributed by atoms with Gasteiger partial charge in [0.25, 0.3) is 0 Å². The van der Waals surface area contributed by atoms with Crippen LogP contribution in [0.5, 0.6) is 5.75 Å². The first-order valence-corrected chi connectivity index (χ1v) is 16.5. The van der Waals surface area contributed by atoms with Crippen molar-refractivity contribution in [2.75, 3.05) is 36.0 Å². The number of ether oxygens (including phenoxy) is 1. The van der Waals surface area contributed by atoms with E-state index < -0.39 is 0 Å². The summed E-state index contributed by atoms with van der Waals surface area (Å²) in [5.74, 6) is 2.52. The Kier molecular flexibility index (Phi) is 7.12. The number of carbonyl (C=O) groups is 2. The quantitative estimate of drug-likeness (QED) is 0.373. The second-order valence-electron chi connectivity index (χ2n) is 13.7. The van der Waals surface area contributed by atoms with Gasteiger partial charge in [-0.2, -0.15) is 0 Å². The Bertz CT molecular complexity index is 1560. The van der Waals surface area contributed by atoms with Crippen molar-refractivity contribution in [2.45, 2.75) is 57.1 Å². The summed E-state index contributed by atoms with van der Waals surface area (Å²) in [5, 5.41) is 6.78. The van der Waals surface area contributed by atoms with E-state index in [0.717, 1.165) is 86.3 Å². The first kappa shape index (κ1) is 28.3. The van der Waals surface area contributed by atoms with Crippen molar-refractivity contribution in [1.82, 2.24) is 20.6 Å². The van der Waals surface area contributed by atoms with Crippen LogP contribution in [0, 0.1) is 23.2 Å². The number of hydrogen-bond donors (Lipinski definition) is 3. The van der Waals surface area contributed by atoms with Crippen LogP contribution in [-0.2, 0) is 4.79 Å². The molecule has 10 heteroatoms. The smallest absolute Gasteiger partial charge is 0.322 e. The van der Waals surface area contributed by atoms with E-state index in [2.05, 4.69) is 27.7 Å². The third-order valence-electron chi connectivity index (χ3n) is 11.0. The van der Waals surface area contributed by atoms with Gasteiger partial charge < -0.3 is 26.0 Å². The number of hydrogen-bond acceptors (Lipinski definition) is 7. The van der Waals surface area contributed by atoms with E-state index in [-0.39, 0.29) is 29.5 Å². The molecule has 4 saturated carbocycles. The first-order valence-electron chi connectivity index (χ1n) is 16.5. The largest absolute Gasteiger partial charge is 0.490 e. The van der Waals surface area contributed by atoms with Crippen LogP contribution in [0.4, 0.5) is 22.1 Å². The zero-order valence-corrected chi connectivity index (χ0v) is 25.5. The zero-order valence-electron chi connectivity index (χ0n) is 25.5. The van der Waals surface area contributed by atoms with Crippen LogP contribution in [0.3, 0.4) is 0 Å². The van der Waals surface area contributed by atoms with Gasteiger partial charge in [0, 0.05) is 42.5 Å². The fourth-order valence-corrected chi connectivity index (χ4v) is 9.00. The van der Waals surface area contributed by atoms with Crippen molar-refractivity contribution in [3.05, 3.63) is 60.9 Å². The van der Waals surface area contributed by atoms with Crippen LogP contribution < -0.4 is 30.9 Å². The molecule has 2 unspecified atom stereocenters. The molecule has 2 aliphatic heterocycles. The predicted molar refractivity (Wildman–Crippen MR) is 172 cm³/mol. The van der Waals surface area contributed by atoms with Crippen molar-refractivity contribution in [3.63, 3.8) is 0 Å². The van der Waals surface area contributed by atoms with Crippen LogP contribution in [0.25, 0.3) is 11.1 Å². The molecule has 3 heterocycles. The molecule has 4 aliphatic carbocycles. The number of primary amides is 1. The summed E-state index contributed by atoms with van der Waals surface area (Å²) in [7, 11) is 0. The third-order valence-corrected chi connectivity index (χ3v) is 11.0. The number of urea groups is 1. The monoisotopic (exact) mass is 607 g/mol. The summed E-state index contributed by atoms with van der Waals surface area (Å²) in [5.41, 5.74) is 9.24. The van der Waals surface area contributed by atoms with Gasteiger partial charge in [-0.25, -0.2) is 14.8 Å². The average molecular weight is 608 g/mol. The standard InChI is InChI=1S/C35H41N7O3/c36-32(43)35-17-22-15-24(18-35)31(25(16-22)19-35)40-34(44)42-14-13-41(29-3-1-2-4-30(29)42)33-38-20-26(21-39-33)23-5-7-27(8-6-23)45-28-9-11-37-12-10-28/h1-8,20-22,24-25,28,31,37H,9-19H2,(H2,36,43)(H,40,44). The molecule has 0 spiro atoms. The second kappa shape index (κ2) is 11.3. The lowest BCUT2D eigenvalue weighted by Crippen LogP contribution is -2.63. The maximum atomic E-state index is 13.8. The molecule has 4 N–H and O–H groups in total. The highest BCUT2D eigenvalue weighted by atomic mass is 16.5. The normalized spacial score (nSPS) is 28.9. The van der Waals surface area contributed by atoms with Gasteiger partial charge >= 0.3 is 6.03 Å². The maximum Gasteiger partial charge on any atom is 0.322 e. The molecule has 3 aromatic rings. The number of carbonyl (C=O) groups excluding carboxylic acids is 2. The van der Waals surface area contributed by atoms with E-state index in [1.807, 2.05) is 53.7 Å². The highest BCUT2D eigenvalue weighted by Crippen LogP contribution is 2.60. The van der Waals surface area contributed by atoms with Crippen molar-refractivity contribution in [2.24, 2.45) is 28.9 Å². The van der Waals surface area contributed by atoms with Gasteiger partial charge in [0.05, 0.1) is 11.4 Å². The number of benzene rings is 2. The van der Waals surface area contributed by atoms with E-state index >= 15 is 0 Å². The van der Waals surface area contributed by atoms with E-state index in [4.69, 9.17) is 20.4 Å². The highest BCUT2D eigenvalue weighted by molar-refractivity contribution is 5.98. The van der Waals surface area contributed by atoms with E-state index in [9.17, 15) is 9.59 Å². The minimum Gasteiger partial charge on any atom is -0.490 e. The summed E-state index contributed by atoms with van der Waals surface area (Å²) in [6.45, 7) is 3.10. The fraction of sp³-hybridized carbons (Fsp3) is 0.486. The number of nitrogens with zero attached hydrogens (tertiary/aromatic N) is 4. The molecule has 1 aromatic heterocycles. The number of fused-ring (bicyclic) bond motifs is 1. The first-order chi connectivity index (χ1) is 22.0. The van der Waals surface area contributed by atoms with Crippen LogP contribution in [0.1, 0.15) is 44.9 Å². The Morgan fingerprint density at radius 1 is 0.889 bits per heavy atom. The minimum absolute atomic E-state index is 0.0726. The zero-order chi connectivity index (χ0) is 30.5. The summed E-state index contributed by atoms with van der Waals surface area (Å²) in [6.07, 6.45) is 10.7. The number of rotatable bonds is 6. The van der Waals surface area contributed by atoms with E-state index in [1.165, 1.54) is 0 Å². The topological polar surface area (TPSA) is 126 Å².